The maximum atomic E-state index is 5.64. The van der Waals surface area contributed by atoms with Crippen molar-refractivity contribution in [1.82, 2.24) is 10.2 Å². The van der Waals surface area contributed by atoms with Crippen molar-refractivity contribution in [3.05, 3.63) is 0 Å². The van der Waals surface area contributed by atoms with Crippen LogP contribution in [0, 0.1) is 5.92 Å². The number of likely N-dealkylation sites (tertiary alicyclic amines) is 1. The highest BCUT2D eigenvalue weighted by Crippen LogP contribution is 2.26. The van der Waals surface area contributed by atoms with E-state index in [0.29, 0.717) is 6.10 Å². The van der Waals surface area contributed by atoms with Crippen LogP contribution in [0.2, 0.25) is 0 Å². The molecule has 0 aromatic rings. The van der Waals surface area contributed by atoms with Crippen molar-refractivity contribution in [2.24, 2.45) is 5.92 Å². The van der Waals surface area contributed by atoms with E-state index in [1.807, 2.05) is 0 Å². The fourth-order valence-corrected chi connectivity index (χ4v) is 3.26. The standard InChI is InChI=1S/C14H28N2O/c1-12-11-14(6-10-17-12)16-8-4-13(5-9-16)3-7-15-2/h12-15H,3-11H2,1-2H3. The van der Waals surface area contributed by atoms with E-state index in [2.05, 4.69) is 24.2 Å². The zero-order valence-electron chi connectivity index (χ0n) is 11.5. The minimum atomic E-state index is 0.468. The first-order valence-corrected chi connectivity index (χ1v) is 7.30. The second-order valence-electron chi connectivity index (χ2n) is 5.73. The zero-order chi connectivity index (χ0) is 12.1. The summed E-state index contributed by atoms with van der Waals surface area (Å²) in [6.07, 6.45) is 7.10. The van der Waals surface area contributed by atoms with Crippen molar-refractivity contribution in [3.63, 3.8) is 0 Å². The van der Waals surface area contributed by atoms with E-state index in [1.54, 1.807) is 0 Å². The first-order chi connectivity index (χ1) is 8.29. The minimum Gasteiger partial charge on any atom is -0.378 e. The molecule has 1 N–H and O–H groups in total. The number of hydrogen-bond donors (Lipinski definition) is 1. The van der Waals surface area contributed by atoms with E-state index < -0.39 is 0 Å². The molecule has 2 aliphatic heterocycles. The predicted molar refractivity (Wildman–Crippen MR) is 71.3 cm³/mol. The van der Waals surface area contributed by atoms with Crippen LogP contribution in [0.4, 0.5) is 0 Å². The molecule has 0 spiro atoms. The average molecular weight is 240 g/mol. The Bertz CT molecular complexity index is 214. The van der Waals surface area contributed by atoms with Crippen LogP contribution in [0.25, 0.3) is 0 Å². The van der Waals surface area contributed by atoms with Crippen molar-refractivity contribution in [2.75, 3.05) is 33.3 Å². The smallest absolute Gasteiger partial charge is 0.0561 e. The van der Waals surface area contributed by atoms with Crippen molar-refractivity contribution < 1.29 is 4.74 Å². The second-order valence-corrected chi connectivity index (χ2v) is 5.73. The average Bonchev–Trinajstić information content (AvgIpc) is 2.37. The number of piperidine rings is 1. The van der Waals surface area contributed by atoms with Gasteiger partial charge >= 0.3 is 0 Å². The minimum absolute atomic E-state index is 0.468. The maximum absolute atomic E-state index is 5.64. The fourth-order valence-electron chi connectivity index (χ4n) is 3.26. The van der Waals surface area contributed by atoms with Gasteiger partial charge in [0.05, 0.1) is 6.10 Å². The summed E-state index contributed by atoms with van der Waals surface area (Å²) >= 11 is 0. The zero-order valence-corrected chi connectivity index (χ0v) is 11.5. The summed E-state index contributed by atoms with van der Waals surface area (Å²) in [6, 6.07) is 0.795. The Morgan fingerprint density at radius 3 is 2.65 bits per heavy atom. The van der Waals surface area contributed by atoms with E-state index in [9.17, 15) is 0 Å². The topological polar surface area (TPSA) is 24.5 Å². The largest absolute Gasteiger partial charge is 0.378 e. The van der Waals surface area contributed by atoms with Gasteiger partial charge in [0, 0.05) is 12.6 Å². The summed E-state index contributed by atoms with van der Waals surface area (Å²) in [7, 11) is 2.05. The van der Waals surface area contributed by atoms with Crippen LogP contribution < -0.4 is 5.32 Å². The second kappa shape index (κ2) is 6.72. The van der Waals surface area contributed by atoms with Crippen molar-refractivity contribution in [3.8, 4) is 0 Å². The number of nitrogens with one attached hydrogen (secondary N) is 1. The molecule has 2 atom stereocenters. The monoisotopic (exact) mass is 240 g/mol. The molecule has 3 heteroatoms. The van der Waals surface area contributed by atoms with Crippen LogP contribution in [0.3, 0.4) is 0 Å². The molecule has 17 heavy (non-hydrogen) atoms. The lowest BCUT2D eigenvalue weighted by Crippen LogP contribution is -2.45. The molecular weight excluding hydrogens is 212 g/mol. The number of nitrogens with zero attached hydrogens (tertiary/aromatic N) is 1. The summed E-state index contributed by atoms with van der Waals surface area (Å²) in [4.78, 5) is 2.72. The molecule has 2 heterocycles. The summed E-state index contributed by atoms with van der Waals surface area (Å²) in [5.41, 5.74) is 0. The van der Waals surface area contributed by atoms with Gasteiger partial charge in [0.2, 0.25) is 0 Å². The van der Waals surface area contributed by atoms with Crippen molar-refractivity contribution >= 4 is 0 Å². The first-order valence-electron chi connectivity index (χ1n) is 7.30. The van der Waals surface area contributed by atoms with E-state index >= 15 is 0 Å². The van der Waals surface area contributed by atoms with Gasteiger partial charge < -0.3 is 15.0 Å². The third-order valence-corrected chi connectivity index (χ3v) is 4.43. The molecule has 0 saturated carbocycles. The predicted octanol–water partition coefficient (Wildman–Crippen LogP) is 1.88. The third kappa shape index (κ3) is 3.94. The molecule has 2 unspecified atom stereocenters. The molecule has 0 bridgehead atoms. The summed E-state index contributed by atoms with van der Waals surface area (Å²) < 4.78 is 5.64. The van der Waals surface area contributed by atoms with Gasteiger partial charge in [-0.2, -0.15) is 0 Å². The Balaban J connectivity index is 1.71. The molecular formula is C14H28N2O. The van der Waals surface area contributed by atoms with Gasteiger partial charge in [0.1, 0.15) is 0 Å². The van der Waals surface area contributed by atoms with E-state index in [0.717, 1.165) is 18.6 Å². The van der Waals surface area contributed by atoms with Gasteiger partial charge in [-0.25, -0.2) is 0 Å². The normalized spacial score (nSPS) is 32.8. The SMILES string of the molecule is CNCCC1CCN(C2CCOC(C)C2)CC1. The molecule has 2 rings (SSSR count). The Morgan fingerprint density at radius 1 is 1.24 bits per heavy atom. The molecule has 3 nitrogen and oxygen atoms in total. The van der Waals surface area contributed by atoms with Gasteiger partial charge in [0.15, 0.2) is 0 Å². The van der Waals surface area contributed by atoms with Crippen molar-refractivity contribution in [1.29, 1.82) is 0 Å². The molecule has 0 aromatic carbocycles. The van der Waals surface area contributed by atoms with Gasteiger partial charge in [0.25, 0.3) is 0 Å². The lowest BCUT2D eigenvalue weighted by atomic mass is 9.91. The van der Waals surface area contributed by atoms with Gasteiger partial charge in [-0.05, 0) is 71.6 Å². The number of rotatable bonds is 4. The number of hydrogen-bond acceptors (Lipinski definition) is 3. The Kier molecular flexibility index (Phi) is 5.26. The van der Waals surface area contributed by atoms with Gasteiger partial charge in [-0.1, -0.05) is 0 Å². The van der Waals surface area contributed by atoms with Crippen LogP contribution in [0.5, 0.6) is 0 Å². The van der Waals surface area contributed by atoms with Crippen molar-refractivity contribution in [2.45, 2.75) is 51.2 Å². The quantitative estimate of drug-likeness (QED) is 0.812. The molecule has 100 valence electrons. The highest BCUT2D eigenvalue weighted by molar-refractivity contribution is 4.82. The maximum Gasteiger partial charge on any atom is 0.0561 e. The lowest BCUT2D eigenvalue weighted by Gasteiger charge is -2.40. The molecule has 2 fully saturated rings. The molecule has 0 aromatic heterocycles. The Hall–Kier alpha value is -0.120. The van der Waals surface area contributed by atoms with Crippen LogP contribution in [0.15, 0.2) is 0 Å². The van der Waals surface area contributed by atoms with E-state index in [-0.39, 0.29) is 0 Å². The Labute approximate surface area is 106 Å². The number of ether oxygens (including phenoxy) is 1. The first kappa shape index (κ1) is 13.3. The fraction of sp³-hybridized carbons (Fsp3) is 1.00. The molecule has 0 radical (unpaired) electrons. The van der Waals surface area contributed by atoms with E-state index in [4.69, 9.17) is 4.74 Å². The van der Waals surface area contributed by atoms with Gasteiger partial charge in [-0.15, -0.1) is 0 Å². The van der Waals surface area contributed by atoms with Gasteiger partial charge in [-0.3, -0.25) is 0 Å². The summed E-state index contributed by atoms with van der Waals surface area (Å²) in [6.45, 7) is 6.98. The van der Waals surface area contributed by atoms with Crippen LogP contribution in [-0.2, 0) is 4.74 Å². The third-order valence-electron chi connectivity index (χ3n) is 4.43. The van der Waals surface area contributed by atoms with Crippen LogP contribution in [0.1, 0.15) is 39.0 Å². The van der Waals surface area contributed by atoms with Crippen LogP contribution in [-0.4, -0.2) is 50.3 Å². The Morgan fingerprint density at radius 2 is 2.00 bits per heavy atom. The lowest BCUT2D eigenvalue weighted by molar-refractivity contribution is -0.0248. The highest BCUT2D eigenvalue weighted by atomic mass is 16.5. The van der Waals surface area contributed by atoms with Crippen LogP contribution >= 0.6 is 0 Å². The molecule has 0 aliphatic carbocycles. The molecule has 0 amide bonds. The molecule has 2 aliphatic rings. The van der Waals surface area contributed by atoms with E-state index in [1.165, 1.54) is 51.7 Å². The summed E-state index contributed by atoms with van der Waals surface area (Å²) in [5, 5.41) is 3.27. The highest BCUT2D eigenvalue weighted by Gasteiger charge is 2.28. The molecule has 2 saturated heterocycles. The summed E-state index contributed by atoms with van der Waals surface area (Å²) in [5.74, 6) is 0.955.